The summed E-state index contributed by atoms with van der Waals surface area (Å²) in [4.78, 5) is 27.0. The largest absolute Gasteiger partial charge is 0.353 e. The van der Waals surface area contributed by atoms with Gasteiger partial charge in [0.15, 0.2) is 0 Å². The second-order valence-electron chi connectivity index (χ2n) is 5.81. The molecule has 1 heterocycles. The Balaban J connectivity index is 2.03. The summed E-state index contributed by atoms with van der Waals surface area (Å²) in [5, 5.41) is 2.85. The summed E-state index contributed by atoms with van der Waals surface area (Å²) < 4.78 is 0. The molecule has 1 saturated heterocycles. The van der Waals surface area contributed by atoms with Gasteiger partial charge in [-0.1, -0.05) is 12.1 Å². The number of rotatable bonds is 5. The zero-order chi connectivity index (χ0) is 16.1. The first-order valence-electron chi connectivity index (χ1n) is 7.53. The fourth-order valence-electron chi connectivity index (χ4n) is 2.42. The normalized spacial score (nSPS) is 17.8. The molecule has 22 heavy (non-hydrogen) atoms. The van der Waals surface area contributed by atoms with Gasteiger partial charge in [-0.25, -0.2) is 0 Å². The van der Waals surface area contributed by atoms with E-state index in [1.54, 1.807) is 4.90 Å². The molecule has 0 aromatic heterocycles. The van der Waals surface area contributed by atoms with E-state index in [4.69, 9.17) is 5.73 Å². The standard InChI is InChI=1S/C16H23N3O2S/c1-11(2)18-15(20)10-22-14-6-4-3-5-13(14)16(21)19-8-7-12(17)9-19/h3-6,11-12H,7-10,17H2,1-2H3,(H,18,20)/t12-/m1/s1. The van der Waals surface area contributed by atoms with Crippen LogP contribution in [0.25, 0.3) is 0 Å². The lowest BCUT2D eigenvalue weighted by molar-refractivity contribution is -0.119. The minimum absolute atomic E-state index is 0.000294. The van der Waals surface area contributed by atoms with Crippen LogP contribution in [0.1, 0.15) is 30.6 Å². The van der Waals surface area contributed by atoms with Gasteiger partial charge in [0.1, 0.15) is 0 Å². The smallest absolute Gasteiger partial charge is 0.255 e. The van der Waals surface area contributed by atoms with Gasteiger partial charge in [-0.3, -0.25) is 9.59 Å². The van der Waals surface area contributed by atoms with Crippen LogP contribution < -0.4 is 11.1 Å². The molecular weight excluding hydrogens is 298 g/mol. The molecule has 3 N–H and O–H groups in total. The molecule has 2 amide bonds. The van der Waals surface area contributed by atoms with E-state index in [0.717, 1.165) is 11.3 Å². The van der Waals surface area contributed by atoms with E-state index >= 15 is 0 Å². The van der Waals surface area contributed by atoms with Crippen LogP contribution >= 0.6 is 11.8 Å². The number of nitrogens with two attached hydrogens (primary N) is 1. The van der Waals surface area contributed by atoms with E-state index < -0.39 is 0 Å². The maximum atomic E-state index is 12.6. The van der Waals surface area contributed by atoms with Crippen LogP contribution in [0.3, 0.4) is 0 Å². The van der Waals surface area contributed by atoms with E-state index in [2.05, 4.69) is 5.32 Å². The number of carbonyl (C=O) groups is 2. The lowest BCUT2D eigenvalue weighted by Crippen LogP contribution is -2.32. The maximum Gasteiger partial charge on any atom is 0.255 e. The first-order valence-corrected chi connectivity index (χ1v) is 8.52. The summed E-state index contributed by atoms with van der Waals surface area (Å²) >= 11 is 1.39. The molecular formula is C16H23N3O2S. The van der Waals surface area contributed by atoms with Gasteiger partial charge in [0.25, 0.3) is 5.91 Å². The summed E-state index contributed by atoms with van der Waals surface area (Å²) in [6.45, 7) is 5.16. The molecule has 0 saturated carbocycles. The highest BCUT2D eigenvalue weighted by atomic mass is 32.2. The number of hydrogen-bond donors (Lipinski definition) is 2. The Morgan fingerprint density at radius 1 is 1.41 bits per heavy atom. The molecule has 2 rings (SSSR count). The molecule has 1 aliphatic rings. The Morgan fingerprint density at radius 2 is 2.14 bits per heavy atom. The molecule has 0 radical (unpaired) electrons. The van der Waals surface area contributed by atoms with Crippen molar-refractivity contribution in [2.45, 2.75) is 37.2 Å². The monoisotopic (exact) mass is 321 g/mol. The van der Waals surface area contributed by atoms with Crippen LogP contribution in [-0.4, -0.2) is 47.6 Å². The molecule has 0 unspecified atom stereocenters. The SMILES string of the molecule is CC(C)NC(=O)CSc1ccccc1C(=O)N1CC[C@@H](N)C1. The van der Waals surface area contributed by atoms with E-state index in [1.807, 2.05) is 38.1 Å². The lowest BCUT2D eigenvalue weighted by Gasteiger charge is -2.18. The van der Waals surface area contributed by atoms with E-state index in [1.165, 1.54) is 11.8 Å². The third-order valence-electron chi connectivity index (χ3n) is 3.44. The minimum atomic E-state index is -0.0227. The van der Waals surface area contributed by atoms with Gasteiger partial charge < -0.3 is 16.0 Å². The van der Waals surface area contributed by atoms with Crippen LogP contribution in [0.15, 0.2) is 29.2 Å². The van der Waals surface area contributed by atoms with Crippen LogP contribution in [0, 0.1) is 0 Å². The van der Waals surface area contributed by atoms with Crippen molar-refractivity contribution in [3.8, 4) is 0 Å². The number of likely N-dealkylation sites (tertiary alicyclic amines) is 1. The molecule has 1 aliphatic heterocycles. The van der Waals surface area contributed by atoms with E-state index in [9.17, 15) is 9.59 Å². The first kappa shape index (κ1) is 16.8. The zero-order valence-electron chi connectivity index (χ0n) is 13.0. The van der Waals surface area contributed by atoms with Crippen LogP contribution in [0.4, 0.5) is 0 Å². The number of nitrogens with one attached hydrogen (secondary N) is 1. The highest BCUT2D eigenvalue weighted by Crippen LogP contribution is 2.25. The second-order valence-corrected chi connectivity index (χ2v) is 6.82. The van der Waals surface area contributed by atoms with Crippen molar-refractivity contribution in [1.82, 2.24) is 10.2 Å². The van der Waals surface area contributed by atoms with Crippen molar-refractivity contribution < 1.29 is 9.59 Å². The molecule has 6 heteroatoms. The molecule has 5 nitrogen and oxygen atoms in total. The van der Waals surface area contributed by atoms with Crippen LogP contribution in [0.2, 0.25) is 0 Å². The van der Waals surface area contributed by atoms with Crippen LogP contribution in [-0.2, 0) is 4.79 Å². The minimum Gasteiger partial charge on any atom is -0.353 e. The Kier molecular flexibility index (Phi) is 5.85. The van der Waals surface area contributed by atoms with Crippen molar-refractivity contribution in [1.29, 1.82) is 0 Å². The number of benzene rings is 1. The van der Waals surface area contributed by atoms with Crippen LogP contribution in [0.5, 0.6) is 0 Å². The second kappa shape index (κ2) is 7.65. The highest BCUT2D eigenvalue weighted by Gasteiger charge is 2.26. The van der Waals surface area contributed by atoms with Crippen molar-refractivity contribution >= 4 is 23.6 Å². The van der Waals surface area contributed by atoms with Gasteiger partial charge in [0, 0.05) is 30.1 Å². The molecule has 1 aromatic rings. The third kappa shape index (κ3) is 4.48. The Labute approximate surface area is 135 Å². The number of carbonyl (C=O) groups excluding carboxylic acids is 2. The predicted octanol–water partition coefficient (Wildman–Crippen LogP) is 1.48. The third-order valence-corrected chi connectivity index (χ3v) is 4.51. The summed E-state index contributed by atoms with van der Waals surface area (Å²) in [7, 11) is 0. The van der Waals surface area contributed by atoms with E-state index in [0.29, 0.717) is 24.4 Å². The van der Waals surface area contributed by atoms with E-state index in [-0.39, 0.29) is 23.9 Å². The van der Waals surface area contributed by atoms with Gasteiger partial charge in [0.05, 0.1) is 11.3 Å². The summed E-state index contributed by atoms with van der Waals surface area (Å²) in [6.07, 6.45) is 0.845. The Hall–Kier alpha value is -1.53. The molecule has 1 atom stereocenters. The molecule has 120 valence electrons. The van der Waals surface area contributed by atoms with Gasteiger partial charge in [0.2, 0.25) is 5.91 Å². The zero-order valence-corrected chi connectivity index (χ0v) is 13.9. The average Bonchev–Trinajstić information content (AvgIpc) is 2.90. The topological polar surface area (TPSA) is 75.4 Å². The summed E-state index contributed by atoms with van der Waals surface area (Å²) in [5.41, 5.74) is 6.52. The molecule has 0 aliphatic carbocycles. The molecule has 0 bridgehead atoms. The quantitative estimate of drug-likeness (QED) is 0.806. The fourth-order valence-corrected chi connectivity index (χ4v) is 3.27. The number of hydrogen-bond acceptors (Lipinski definition) is 4. The Morgan fingerprint density at radius 3 is 2.77 bits per heavy atom. The highest BCUT2D eigenvalue weighted by molar-refractivity contribution is 8.00. The predicted molar refractivity (Wildman–Crippen MR) is 88.9 cm³/mol. The number of amides is 2. The number of nitrogens with zero attached hydrogens (tertiary/aromatic N) is 1. The molecule has 0 spiro atoms. The maximum absolute atomic E-state index is 12.6. The lowest BCUT2D eigenvalue weighted by atomic mass is 10.2. The van der Waals surface area contributed by atoms with Gasteiger partial charge in [-0.15, -0.1) is 11.8 Å². The summed E-state index contributed by atoms with van der Waals surface area (Å²) in [6, 6.07) is 7.62. The summed E-state index contributed by atoms with van der Waals surface area (Å²) in [5.74, 6) is 0.285. The first-order chi connectivity index (χ1) is 10.5. The Bertz CT molecular complexity index is 548. The van der Waals surface area contributed by atoms with Gasteiger partial charge in [-0.2, -0.15) is 0 Å². The number of thioether (sulfide) groups is 1. The van der Waals surface area contributed by atoms with Crippen molar-refractivity contribution in [2.75, 3.05) is 18.8 Å². The molecule has 1 fully saturated rings. The fraction of sp³-hybridized carbons (Fsp3) is 0.500. The molecule has 1 aromatic carbocycles. The van der Waals surface area contributed by atoms with Crippen molar-refractivity contribution in [3.05, 3.63) is 29.8 Å². The van der Waals surface area contributed by atoms with Gasteiger partial charge >= 0.3 is 0 Å². The van der Waals surface area contributed by atoms with Crippen molar-refractivity contribution in [2.24, 2.45) is 5.73 Å². The van der Waals surface area contributed by atoms with Gasteiger partial charge in [-0.05, 0) is 32.4 Å². The van der Waals surface area contributed by atoms with Crippen molar-refractivity contribution in [3.63, 3.8) is 0 Å². The average molecular weight is 321 g/mol.